The van der Waals surface area contributed by atoms with Gasteiger partial charge in [0, 0.05) is 30.9 Å². The van der Waals surface area contributed by atoms with Crippen molar-refractivity contribution in [3.8, 4) is 11.1 Å². The SMILES string of the molecule is Cc1cc(C(=O)c2c[nH]c3nccc(-c4cccc(/C=C/C(=O)O)c4)c23)n(C)n1. The van der Waals surface area contributed by atoms with Crippen molar-refractivity contribution < 1.29 is 14.7 Å². The first-order chi connectivity index (χ1) is 13.9. The Hall–Kier alpha value is -4.00. The number of ketones is 1. The van der Waals surface area contributed by atoms with Crippen LogP contribution in [0.25, 0.3) is 28.2 Å². The summed E-state index contributed by atoms with van der Waals surface area (Å²) in [6, 6.07) is 11.1. The van der Waals surface area contributed by atoms with Crippen molar-refractivity contribution in [2.75, 3.05) is 0 Å². The van der Waals surface area contributed by atoms with Gasteiger partial charge in [-0.2, -0.15) is 5.10 Å². The summed E-state index contributed by atoms with van der Waals surface area (Å²) < 4.78 is 1.57. The monoisotopic (exact) mass is 386 g/mol. The molecule has 0 amide bonds. The molecule has 4 aromatic rings. The summed E-state index contributed by atoms with van der Waals surface area (Å²) in [4.78, 5) is 31.4. The van der Waals surface area contributed by atoms with Crippen molar-refractivity contribution in [3.05, 3.63) is 77.4 Å². The zero-order valence-corrected chi connectivity index (χ0v) is 15.9. The second kappa shape index (κ2) is 7.20. The van der Waals surface area contributed by atoms with Crippen molar-refractivity contribution in [3.63, 3.8) is 0 Å². The lowest BCUT2D eigenvalue weighted by Gasteiger charge is -2.07. The standard InChI is InChI=1S/C22H18N4O3/c1-13-10-18(26(2)25-13)21(29)17-12-24-22-20(17)16(8-9-23-22)15-5-3-4-14(11-15)6-7-19(27)28/h3-12H,1-2H3,(H,23,24)(H,27,28)/b7-6+. The molecule has 3 aromatic heterocycles. The molecule has 0 atom stereocenters. The molecule has 1 aromatic carbocycles. The summed E-state index contributed by atoms with van der Waals surface area (Å²) in [6.07, 6.45) is 5.97. The van der Waals surface area contributed by atoms with Gasteiger partial charge in [0.15, 0.2) is 0 Å². The van der Waals surface area contributed by atoms with Crippen LogP contribution < -0.4 is 0 Å². The number of benzene rings is 1. The summed E-state index contributed by atoms with van der Waals surface area (Å²) in [6.45, 7) is 1.84. The van der Waals surface area contributed by atoms with Gasteiger partial charge in [-0.3, -0.25) is 9.48 Å². The van der Waals surface area contributed by atoms with E-state index in [1.165, 1.54) is 6.08 Å². The molecule has 4 rings (SSSR count). The molecule has 0 aliphatic heterocycles. The third-order valence-corrected chi connectivity index (χ3v) is 4.67. The number of carbonyl (C=O) groups excluding carboxylic acids is 1. The zero-order chi connectivity index (χ0) is 20.5. The van der Waals surface area contributed by atoms with E-state index in [9.17, 15) is 9.59 Å². The Labute approximate surface area is 166 Å². The van der Waals surface area contributed by atoms with Gasteiger partial charge in [0.1, 0.15) is 11.3 Å². The van der Waals surface area contributed by atoms with Crippen molar-refractivity contribution in [1.82, 2.24) is 19.7 Å². The van der Waals surface area contributed by atoms with Crippen molar-refractivity contribution >= 4 is 28.9 Å². The molecule has 0 unspecified atom stereocenters. The number of pyridine rings is 1. The first-order valence-corrected chi connectivity index (χ1v) is 8.97. The second-order valence-corrected chi connectivity index (χ2v) is 6.71. The van der Waals surface area contributed by atoms with Gasteiger partial charge in [-0.05, 0) is 47.9 Å². The van der Waals surface area contributed by atoms with Gasteiger partial charge >= 0.3 is 5.97 Å². The molecule has 0 aliphatic carbocycles. The van der Waals surface area contributed by atoms with E-state index in [0.717, 1.165) is 33.8 Å². The summed E-state index contributed by atoms with van der Waals surface area (Å²) >= 11 is 0. The van der Waals surface area contributed by atoms with E-state index >= 15 is 0 Å². The van der Waals surface area contributed by atoms with Crippen LogP contribution in [0.15, 0.2) is 54.9 Å². The summed E-state index contributed by atoms with van der Waals surface area (Å²) in [5.41, 5.74) is 4.83. The van der Waals surface area contributed by atoms with Gasteiger partial charge in [-0.25, -0.2) is 9.78 Å². The molecular weight excluding hydrogens is 368 g/mol. The molecule has 0 bridgehead atoms. The molecular formula is C22H18N4O3. The van der Waals surface area contributed by atoms with Crippen LogP contribution >= 0.6 is 0 Å². The molecule has 0 radical (unpaired) electrons. The van der Waals surface area contributed by atoms with Crippen molar-refractivity contribution in [2.24, 2.45) is 7.05 Å². The number of hydrogen-bond donors (Lipinski definition) is 2. The number of hydrogen-bond acceptors (Lipinski definition) is 4. The predicted molar refractivity (Wildman–Crippen MR) is 110 cm³/mol. The van der Waals surface area contributed by atoms with E-state index in [4.69, 9.17) is 5.11 Å². The number of aryl methyl sites for hydroxylation is 2. The number of carbonyl (C=O) groups is 2. The molecule has 3 heterocycles. The van der Waals surface area contributed by atoms with Crippen LogP contribution in [-0.2, 0) is 11.8 Å². The van der Waals surface area contributed by atoms with E-state index in [-0.39, 0.29) is 5.78 Å². The second-order valence-electron chi connectivity index (χ2n) is 6.71. The van der Waals surface area contributed by atoms with Crippen LogP contribution in [0.5, 0.6) is 0 Å². The number of carboxylic acids is 1. The fourth-order valence-corrected chi connectivity index (χ4v) is 3.41. The van der Waals surface area contributed by atoms with Gasteiger partial charge in [0.05, 0.1) is 11.3 Å². The molecule has 7 nitrogen and oxygen atoms in total. The maximum Gasteiger partial charge on any atom is 0.328 e. The highest BCUT2D eigenvalue weighted by Crippen LogP contribution is 2.32. The largest absolute Gasteiger partial charge is 0.478 e. The Morgan fingerprint density at radius 3 is 2.76 bits per heavy atom. The minimum atomic E-state index is -1.01. The van der Waals surface area contributed by atoms with Crippen molar-refractivity contribution in [1.29, 1.82) is 0 Å². The number of aliphatic carboxylic acids is 1. The lowest BCUT2D eigenvalue weighted by molar-refractivity contribution is -0.131. The van der Waals surface area contributed by atoms with Crippen LogP contribution in [0, 0.1) is 6.92 Å². The molecule has 144 valence electrons. The van der Waals surface area contributed by atoms with Crippen LogP contribution in [0.4, 0.5) is 0 Å². The fourth-order valence-electron chi connectivity index (χ4n) is 3.41. The highest BCUT2D eigenvalue weighted by molar-refractivity contribution is 6.18. The van der Waals surface area contributed by atoms with Crippen molar-refractivity contribution in [2.45, 2.75) is 6.92 Å². The van der Waals surface area contributed by atoms with Gasteiger partial charge in [-0.1, -0.05) is 18.2 Å². The normalized spacial score (nSPS) is 11.4. The Morgan fingerprint density at radius 2 is 2.03 bits per heavy atom. The average Bonchev–Trinajstić information content (AvgIpc) is 3.28. The smallest absolute Gasteiger partial charge is 0.328 e. The van der Waals surface area contributed by atoms with E-state index in [2.05, 4.69) is 15.1 Å². The Kier molecular flexibility index (Phi) is 4.56. The lowest BCUT2D eigenvalue weighted by Crippen LogP contribution is -2.08. The topological polar surface area (TPSA) is 101 Å². The van der Waals surface area contributed by atoms with Gasteiger partial charge < -0.3 is 10.1 Å². The Balaban J connectivity index is 1.86. The number of nitrogens with zero attached hydrogens (tertiary/aromatic N) is 3. The first kappa shape index (κ1) is 18.4. The van der Waals surface area contributed by atoms with E-state index in [1.807, 2.05) is 37.3 Å². The Bertz CT molecular complexity index is 1280. The van der Waals surface area contributed by atoms with Gasteiger partial charge in [-0.15, -0.1) is 0 Å². The number of H-pyrrole nitrogens is 1. The van der Waals surface area contributed by atoms with Gasteiger partial charge in [0.25, 0.3) is 0 Å². The molecule has 2 N–H and O–H groups in total. The van der Waals surface area contributed by atoms with Crippen LogP contribution in [-0.4, -0.2) is 36.6 Å². The third kappa shape index (κ3) is 3.45. The summed E-state index contributed by atoms with van der Waals surface area (Å²) in [5, 5.41) is 13.8. The highest BCUT2D eigenvalue weighted by atomic mass is 16.4. The number of aromatic amines is 1. The fraction of sp³-hybridized carbons (Fsp3) is 0.0909. The van der Waals surface area contributed by atoms with Crippen LogP contribution in [0.1, 0.15) is 27.3 Å². The van der Waals surface area contributed by atoms with E-state index in [0.29, 0.717) is 16.9 Å². The maximum absolute atomic E-state index is 13.2. The van der Waals surface area contributed by atoms with E-state index in [1.54, 1.807) is 30.2 Å². The summed E-state index contributed by atoms with van der Waals surface area (Å²) in [5.74, 6) is -1.15. The zero-order valence-electron chi connectivity index (χ0n) is 15.9. The minimum Gasteiger partial charge on any atom is -0.478 e. The Morgan fingerprint density at radius 1 is 1.21 bits per heavy atom. The average molecular weight is 386 g/mol. The maximum atomic E-state index is 13.2. The predicted octanol–water partition coefficient (Wildman–Crippen LogP) is 3.60. The number of carboxylic acid groups (broad SMARTS) is 1. The molecule has 0 saturated heterocycles. The molecule has 29 heavy (non-hydrogen) atoms. The van der Waals surface area contributed by atoms with E-state index < -0.39 is 5.97 Å². The number of aromatic nitrogens is 4. The van der Waals surface area contributed by atoms with Crippen LogP contribution in [0.3, 0.4) is 0 Å². The molecule has 0 fully saturated rings. The molecule has 0 saturated carbocycles. The number of rotatable bonds is 5. The number of nitrogens with one attached hydrogen (secondary N) is 1. The summed E-state index contributed by atoms with van der Waals surface area (Å²) in [7, 11) is 1.74. The quantitative estimate of drug-likeness (QED) is 0.403. The first-order valence-electron chi connectivity index (χ1n) is 8.97. The molecule has 0 aliphatic rings. The third-order valence-electron chi connectivity index (χ3n) is 4.67. The molecule has 0 spiro atoms. The lowest BCUT2D eigenvalue weighted by atomic mass is 9.97. The van der Waals surface area contributed by atoms with Crippen LogP contribution in [0.2, 0.25) is 0 Å². The van der Waals surface area contributed by atoms with Gasteiger partial charge in [0.2, 0.25) is 5.78 Å². The number of fused-ring (bicyclic) bond motifs is 1. The highest BCUT2D eigenvalue weighted by Gasteiger charge is 2.21. The molecule has 7 heteroatoms. The minimum absolute atomic E-state index is 0.143.